The number of hydrogen-bond acceptors (Lipinski definition) is 3. The summed E-state index contributed by atoms with van der Waals surface area (Å²) in [6.07, 6.45) is 1.43. The lowest BCUT2D eigenvalue weighted by molar-refractivity contribution is 0.0616. The van der Waals surface area contributed by atoms with Gasteiger partial charge in [-0.2, -0.15) is 10.1 Å². The Balaban J connectivity index is 1.83. The lowest BCUT2D eigenvalue weighted by Gasteiger charge is -2.23. The number of carbonyl (C=O) groups is 2. The van der Waals surface area contributed by atoms with Gasteiger partial charge < -0.3 is 0 Å². The minimum Gasteiger partial charge on any atom is -0.267 e. The van der Waals surface area contributed by atoms with Gasteiger partial charge in [0, 0.05) is 25.8 Å². The molecule has 1 aliphatic heterocycles. The summed E-state index contributed by atoms with van der Waals surface area (Å²) in [5, 5.41) is 7.22. The predicted molar refractivity (Wildman–Crippen MR) is 104 cm³/mol. The monoisotopic (exact) mass is 402 g/mol. The van der Waals surface area contributed by atoms with Crippen LogP contribution in [0.25, 0.3) is 10.8 Å². The highest BCUT2D eigenvalue weighted by Crippen LogP contribution is 2.38. The molecule has 0 aliphatic carbocycles. The fourth-order valence-corrected chi connectivity index (χ4v) is 3.56. The highest BCUT2D eigenvalue weighted by molar-refractivity contribution is 6.44. The first-order valence-electron chi connectivity index (χ1n) is 7.56. The minimum absolute atomic E-state index is 0.328. The second kappa shape index (κ2) is 6.40. The molecule has 0 radical (unpaired) electrons. The summed E-state index contributed by atoms with van der Waals surface area (Å²) in [6, 6.07) is 13.2. The van der Waals surface area contributed by atoms with E-state index in [1.54, 1.807) is 48.5 Å². The number of imide groups is 1. The highest BCUT2D eigenvalue weighted by Gasteiger charge is 2.34. The standard InChI is InChI=1S/C19H9Cl3N2O2/c20-11-3-1-10(2-4-11)9-23-24-18(25)12-5-7-14(21)17-15(22)8-6-13(16(12)17)19(24)26/h1-9H/b23-9-. The number of hydrazone groups is 1. The van der Waals surface area contributed by atoms with E-state index in [1.807, 2.05) is 0 Å². The fraction of sp³-hybridized carbons (Fsp3) is 0. The summed E-state index contributed by atoms with van der Waals surface area (Å²) in [6.45, 7) is 0. The average molecular weight is 404 g/mol. The maximum Gasteiger partial charge on any atom is 0.282 e. The van der Waals surface area contributed by atoms with E-state index in [-0.39, 0.29) is 0 Å². The molecular formula is C19H9Cl3N2O2. The van der Waals surface area contributed by atoms with Gasteiger partial charge in [-0.05, 0) is 42.0 Å². The van der Waals surface area contributed by atoms with E-state index >= 15 is 0 Å². The molecule has 0 aromatic heterocycles. The second-order valence-electron chi connectivity index (χ2n) is 5.66. The summed E-state index contributed by atoms with van der Waals surface area (Å²) in [4.78, 5) is 25.6. The Hall–Kier alpha value is -2.40. The second-order valence-corrected chi connectivity index (χ2v) is 6.91. The third-order valence-corrected chi connectivity index (χ3v) is 4.98. The molecule has 3 aromatic carbocycles. The third-order valence-electron chi connectivity index (χ3n) is 4.10. The summed E-state index contributed by atoms with van der Waals surface area (Å²) in [7, 11) is 0. The zero-order valence-corrected chi connectivity index (χ0v) is 15.3. The van der Waals surface area contributed by atoms with E-state index < -0.39 is 11.8 Å². The van der Waals surface area contributed by atoms with E-state index in [1.165, 1.54) is 6.21 Å². The van der Waals surface area contributed by atoms with Crippen molar-refractivity contribution in [2.45, 2.75) is 0 Å². The summed E-state index contributed by atoms with van der Waals surface area (Å²) in [5.41, 5.74) is 1.36. The van der Waals surface area contributed by atoms with Crippen LogP contribution < -0.4 is 0 Å². The molecule has 0 saturated carbocycles. The van der Waals surface area contributed by atoms with Crippen LogP contribution in [0.15, 0.2) is 53.6 Å². The molecule has 1 heterocycles. The SMILES string of the molecule is O=C1c2ccc(Cl)c3c(Cl)ccc(c23)C(=O)N1/N=C\c1ccc(Cl)cc1. The Bertz CT molecular complexity index is 1050. The molecule has 0 spiro atoms. The van der Waals surface area contributed by atoms with E-state index in [9.17, 15) is 9.59 Å². The third kappa shape index (κ3) is 2.67. The molecule has 3 aromatic rings. The molecule has 2 amide bonds. The number of nitrogens with zero attached hydrogens (tertiary/aromatic N) is 2. The largest absolute Gasteiger partial charge is 0.282 e. The molecular weight excluding hydrogens is 395 g/mol. The first-order valence-corrected chi connectivity index (χ1v) is 8.70. The normalized spacial score (nSPS) is 13.9. The van der Waals surface area contributed by atoms with E-state index in [4.69, 9.17) is 34.8 Å². The quantitative estimate of drug-likeness (QED) is 0.423. The van der Waals surface area contributed by atoms with Gasteiger partial charge in [-0.25, -0.2) is 0 Å². The molecule has 4 nitrogen and oxygen atoms in total. The first-order chi connectivity index (χ1) is 12.5. The van der Waals surface area contributed by atoms with Crippen LogP contribution in [-0.2, 0) is 0 Å². The number of benzene rings is 3. The van der Waals surface area contributed by atoms with Crippen LogP contribution in [0.2, 0.25) is 15.1 Å². The molecule has 128 valence electrons. The van der Waals surface area contributed by atoms with Crippen LogP contribution in [0.5, 0.6) is 0 Å². The van der Waals surface area contributed by atoms with Crippen LogP contribution in [-0.4, -0.2) is 23.0 Å². The van der Waals surface area contributed by atoms with Crippen molar-refractivity contribution >= 4 is 63.6 Å². The number of hydrogen-bond donors (Lipinski definition) is 0. The van der Waals surface area contributed by atoms with Gasteiger partial charge in [0.15, 0.2) is 0 Å². The van der Waals surface area contributed by atoms with Crippen molar-refractivity contribution in [2.24, 2.45) is 5.10 Å². The molecule has 7 heteroatoms. The molecule has 4 rings (SSSR count). The Morgan fingerprint density at radius 3 is 1.81 bits per heavy atom. The molecule has 0 N–H and O–H groups in total. The van der Waals surface area contributed by atoms with Gasteiger partial charge in [0.1, 0.15) is 0 Å². The molecule has 26 heavy (non-hydrogen) atoms. The Labute approximate surface area is 163 Å². The van der Waals surface area contributed by atoms with Crippen molar-refractivity contribution in [3.05, 3.63) is 80.3 Å². The summed E-state index contributed by atoms with van der Waals surface area (Å²) >= 11 is 18.3. The van der Waals surface area contributed by atoms with Crippen LogP contribution in [0.3, 0.4) is 0 Å². The highest BCUT2D eigenvalue weighted by atomic mass is 35.5. The minimum atomic E-state index is -0.531. The number of halogens is 3. The van der Waals surface area contributed by atoms with Crippen LogP contribution >= 0.6 is 34.8 Å². The van der Waals surface area contributed by atoms with Crippen molar-refractivity contribution in [2.75, 3.05) is 0 Å². The molecule has 0 bridgehead atoms. The van der Waals surface area contributed by atoms with Crippen LogP contribution in [0.4, 0.5) is 0 Å². The van der Waals surface area contributed by atoms with Gasteiger partial charge in [-0.3, -0.25) is 9.59 Å². The zero-order chi connectivity index (χ0) is 18.4. The Kier molecular flexibility index (Phi) is 4.19. The van der Waals surface area contributed by atoms with Crippen molar-refractivity contribution in [3.63, 3.8) is 0 Å². The lowest BCUT2D eigenvalue weighted by atomic mass is 9.95. The number of carbonyl (C=O) groups excluding carboxylic acids is 2. The van der Waals surface area contributed by atoms with E-state index in [0.29, 0.717) is 42.5 Å². The van der Waals surface area contributed by atoms with Crippen LogP contribution in [0.1, 0.15) is 26.3 Å². The average Bonchev–Trinajstić information content (AvgIpc) is 2.62. The van der Waals surface area contributed by atoms with Crippen molar-refractivity contribution < 1.29 is 9.59 Å². The van der Waals surface area contributed by atoms with Gasteiger partial charge in [0.05, 0.1) is 17.3 Å². The molecule has 0 saturated heterocycles. The van der Waals surface area contributed by atoms with Crippen molar-refractivity contribution in [3.8, 4) is 0 Å². The van der Waals surface area contributed by atoms with Crippen molar-refractivity contribution in [1.82, 2.24) is 5.01 Å². The smallest absolute Gasteiger partial charge is 0.267 e. The van der Waals surface area contributed by atoms with Crippen molar-refractivity contribution in [1.29, 1.82) is 0 Å². The summed E-state index contributed by atoms with van der Waals surface area (Å²) < 4.78 is 0. The summed E-state index contributed by atoms with van der Waals surface area (Å²) in [5.74, 6) is -1.06. The van der Waals surface area contributed by atoms with Gasteiger partial charge in [0.25, 0.3) is 11.8 Å². The maximum absolute atomic E-state index is 12.8. The van der Waals surface area contributed by atoms with Gasteiger partial charge in [0.2, 0.25) is 0 Å². The van der Waals surface area contributed by atoms with E-state index in [2.05, 4.69) is 5.10 Å². The van der Waals surface area contributed by atoms with Gasteiger partial charge >= 0.3 is 0 Å². The number of amides is 2. The molecule has 0 fully saturated rings. The van der Waals surface area contributed by atoms with Gasteiger partial charge in [-0.15, -0.1) is 0 Å². The topological polar surface area (TPSA) is 49.7 Å². The van der Waals surface area contributed by atoms with Gasteiger partial charge in [-0.1, -0.05) is 46.9 Å². The zero-order valence-electron chi connectivity index (χ0n) is 13.0. The number of rotatable bonds is 2. The maximum atomic E-state index is 12.8. The fourth-order valence-electron chi connectivity index (χ4n) is 2.87. The molecule has 0 unspecified atom stereocenters. The molecule has 1 aliphatic rings. The predicted octanol–water partition coefficient (Wildman–Crippen LogP) is 5.43. The van der Waals surface area contributed by atoms with Crippen LogP contribution in [0, 0.1) is 0 Å². The molecule has 0 atom stereocenters. The Morgan fingerprint density at radius 2 is 1.27 bits per heavy atom. The lowest BCUT2D eigenvalue weighted by Crippen LogP contribution is -2.36. The first kappa shape index (κ1) is 17.0. The Morgan fingerprint density at radius 1 is 0.731 bits per heavy atom. The van der Waals surface area contributed by atoms with E-state index in [0.717, 1.165) is 5.01 Å².